The molecule has 0 aliphatic carbocycles. The lowest BCUT2D eigenvalue weighted by Crippen LogP contribution is -2.33. The molecule has 1 aliphatic rings. The highest BCUT2D eigenvalue weighted by Gasteiger charge is 2.32. The van der Waals surface area contributed by atoms with Gasteiger partial charge < -0.3 is 15.8 Å². The van der Waals surface area contributed by atoms with E-state index in [0.29, 0.717) is 35.2 Å². The second-order valence-electron chi connectivity index (χ2n) is 7.41. The van der Waals surface area contributed by atoms with Crippen LogP contribution < -0.4 is 15.8 Å². The molecule has 3 N–H and O–H groups in total. The maximum absolute atomic E-state index is 13.1. The predicted octanol–water partition coefficient (Wildman–Crippen LogP) is 3.90. The van der Waals surface area contributed by atoms with Gasteiger partial charge in [0.25, 0.3) is 0 Å². The van der Waals surface area contributed by atoms with Gasteiger partial charge in [-0.15, -0.1) is 0 Å². The second kappa shape index (κ2) is 8.20. The topological polar surface area (TPSA) is 107 Å². The number of hydrogen-bond donors (Lipinski definition) is 2. The minimum Gasteiger partial charge on any atom is -0.495 e. The molecule has 2 aromatic carbocycles. The number of hydrogen-bond acceptors (Lipinski definition) is 6. The molecule has 32 heavy (non-hydrogen) atoms. The van der Waals surface area contributed by atoms with Gasteiger partial charge in [0.15, 0.2) is 5.65 Å². The number of nitrogens with zero attached hydrogens (tertiary/aromatic N) is 4. The Morgan fingerprint density at radius 3 is 2.84 bits per heavy atom. The molecule has 0 saturated carbocycles. The van der Waals surface area contributed by atoms with E-state index in [1.165, 1.54) is 5.06 Å². The molecule has 2 aromatic heterocycles. The summed E-state index contributed by atoms with van der Waals surface area (Å²) in [4.78, 5) is 22.9. The van der Waals surface area contributed by atoms with Gasteiger partial charge >= 0.3 is 6.03 Å². The van der Waals surface area contributed by atoms with Crippen molar-refractivity contribution < 1.29 is 14.4 Å². The van der Waals surface area contributed by atoms with Gasteiger partial charge in [-0.25, -0.2) is 14.3 Å². The maximum atomic E-state index is 13.1. The summed E-state index contributed by atoms with van der Waals surface area (Å²) in [6.07, 6.45) is 2.38. The number of methoxy groups -OCH3 is 1. The van der Waals surface area contributed by atoms with Gasteiger partial charge in [-0.1, -0.05) is 30.3 Å². The van der Waals surface area contributed by atoms with E-state index in [9.17, 15) is 4.79 Å². The Bertz CT molecular complexity index is 1270. The van der Waals surface area contributed by atoms with E-state index < -0.39 is 0 Å². The summed E-state index contributed by atoms with van der Waals surface area (Å²) in [6.45, 7) is 0.474. The van der Waals surface area contributed by atoms with E-state index in [1.54, 1.807) is 23.9 Å². The van der Waals surface area contributed by atoms with Gasteiger partial charge in [-0.05, 0) is 35.9 Å². The average Bonchev–Trinajstić information content (AvgIpc) is 3.45. The maximum Gasteiger partial charge on any atom is 0.346 e. The van der Waals surface area contributed by atoms with Crippen molar-refractivity contribution in [2.75, 3.05) is 24.8 Å². The van der Waals surface area contributed by atoms with Crippen molar-refractivity contribution in [3.8, 4) is 17.0 Å². The molecule has 5 rings (SSSR count). The van der Waals surface area contributed by atoms with Crippen LogP contribution in [0, 0.1) is 0 Å². The van der Waals surface area contributed by atoms with Crippen molar-refractivity contribution in [2.24, 2.45) is 0 Å². The summed E-state index contributed by atoms with van der Waals surface area (Å²) in [6, 6.07) is 18.5. The molecule has 2 amide bonds. The van der Waals surface area contributed by atoms with Crippen LogP contribution in [0.1, 0.15) is 18.0 Å². The molecule has 1 atom stereocenters. The monoisotopic (exact) mass is 430 g/mol. The second-order valence-corrected chi connectivity index (χ2v) is 7.41. The molecule has 9 heteroatoms. The highest BCUT2D eigenvalue weighted by atomic mass is 16.7. The summed E-state index contributed by atoms with van der Waals surface area (Å²) >= 11 is 0. The summed E-state index contributed by atoms with van der Waals surface area (Å²) in [7, 11) is 1.56. The number of hydroxylamine groups is 2. The molecule has 1 saturated heterocycles. The Labute approximate surface area is 184 Å². The van der Waals surface area contributed by atoms with Crippen molar-refractivity contribution >= 4 is 23.2 Å². The average molecular weight is 430 g/mol. The minimum absolute atomic E-state index is 0.152. The molecular formula is C23H22N6O3. The predicted molar refractivity (Wildman–Crippen MR) is 120 cm³/mol. The number of imidazole rings is 1. The Kier molecular flexibility index (Phi) is 5.08. The van der Waals surface area contributed by atoms with Gasteiger partial charge in [-0.2, -0.15) is 10.2 Å². The smallest absolute Gasteiger partial charge is 0.346 e. The van der Waals surface area contributed by atoms with Crippen LogP contribution >= 0.6 is 0 Å². The number of ether oxygens (including phenoxy) is 1. The zero-order chi connectivity index (χ0) is 22.1. The highest BCUT2D eigenvalue weighted by Crippen LogP contribution is 2.33. The number of benzene rings is 2. The van der Waals surface area contributed by atoms with Gasteiger partial charge in [-0.3, -0.25) is 4.84 Å². The number of rotatable bonds is 4. The molecule has 1 fully saturated rings. The number of nitrogen functional groups attached to an aromatic ring is 1. The van der Waals surface area contributed by atoms with Crippen LogP contribution in [0.25, 0.3) is 16.9 Å². The van der Waals surface area contributed by atoms with Crippen molar-refractivity contribution in [1.82, 2.24) is 19.7 Å². The first-order valence-corrected chi connectivity index (χ1v) is 10.2. The fourth-order valence-electron chi connectivity index (χ4n) is 3.84. The van der Waals surface area contributed by atoms with E-state index in [1.807, 2.05) is 54.6 Å². The van der Waals surface area contributed by atoms with E-state index in [2.05, 4.69) is 15.4 Å². The van der Waals surface area contributed by atoms with Crippen LogP contribution in [-0.2, 0) is 4.84 Å². The van der Waals surface area contributed by atoms with Crippen LogP contribution in [0.15, 0.2) is 66.9 Å². The molecule has 1 aliphatic heterocycles. The van der Waals surface area contributed by atoms with Crippen LogP contribution in [0.2, 0.25) is 0 Å². The molecule has 9 nitrogen and oxygen atoms in total. The molecule has 162 valence electrons. The van der Waals surface area contributed by atoms with E-state index in [0.717, 1.165) is 17.5 Å². The Morgan fingerprint density at radius 2 is 2.03 bits per heavy atom. The Balaban J connectivity index is 1.43. The number of nitrogens with two attached hydrogens (primary N) is 1. The van der Waals surface area contributed by atoms with Crippen LogP contribution in [-0.4, -0.2) is 39.4 Å². The summed E-state index contributed by atoms with van der Waals surface area (Å²) in [5.41, 5.74) is 9.46. The van der Waals surface area contributed by atoms with Gasteiger partial charge in [0.1, 0.15) is 11.6 Å². The molecule has 0 radical (unpaired) electrons. The first-order chi connectivity index (χ1) is 15.6. The highest BCUT2D eigenvalue weighted by molar-refractivity contribution is 5.91. The van der Waals surface area contributed by atoms with Crippen molar-refractivity contribution in [3.63, 3.8) is 0 Å². The molecule has 4 aromatic rings. The van der Waals surface area contributed by atoms with Crippen LogP contribution in [0.4, 0.5) is 16.3 Å². The number of nitrogens with one attached hydrogen (secondary N) is 1. The van der Waals surface area contributed by atoms with Crippen molar-refractivity contribution in [2.45, 2.75) is 12.5 Å². The number of urea groups is 1. The first kappa shape index (κ1) is 19.8. The lowest BCUT2D eigenvalue weighted by Gasteiger charge is -2.23. The van der Waals surface area contributed by atoms with Crippen LogP contribution in [0.5, 0.6) is 5.75 Å². The summed E-state index contributed by atoms with van der Waals surface area (Å²) < 4.78 is 7.08. The lowest BCUT2D eigenvalue weighted by molar-refractivity contribution is -0.0829. The third-order valence-corrected chi connectivity index (χ3v) is 5.36. The van der Waals surface area contributed by atoms with E-state index in [4.69, 9.17) is 15.3 Å². The number of amides is 2. The summed E-state index contributed by atoms with van der Waals surface area (Å²) in [5, 5.41) is 8.87. The third-order valence-electron chi connectivity index (χ3n) is 5.36. The van der Waals surface area contributed by atoms with Gasteiger partial charge in [0, 0.05) is 12.0 Å². The fraction of sp³-hybridized carbons (Fsp3) is 0.174. The number of carbonyl (C=O) groups is 1. The first-order valence-electron chi connectivity index (χ1n) is 10.2. The largest absolute Gasteiger partial charge is 0.495 e. The number of aromatic nitrogens is 3. The molecule has 0 bridgehead atoms. The zero-order valence-corrected chi connectivity index (χ0v) is 17.4. The number of anilines is 2. The third kappa shape index (κ3) is 3.69. The quantitative estimate of drug-likeness (QED) is 0.509. The normalized spacial score (nSPS) is 15.8. The SMILES string of the molecule is COc1ccc(-c2ccc3nc(N)cn3n2)cc1NC(=O)N1OCC[C@H]1c1ccccc1. The molecular weight excluding hydrogens is 408 g/mol. The standard InChI is InChI=1S/C23H22N6O3/c1-31-20-9-7-16(17-8-10-22-26-21(24)14-28(22)27-17)13-18(20)25-23(30)29-19(11-12-32-29)15-5-3-2-4-6-15/h2-10,13-14,19H,11-12,24H2,1H3,(H,25,30)/t19-/m0/s1. The fourth-order valence-corrected chi connectivity index (χ4v) is 3.84. The van der Waals surface area contributed by atoms with E-state index in [-0.39, 0.29) is 12.1 Å². The minimum atomic E-state index is -0.363. The molecule has 3 heterocycles. The number of fused-ring (bicyclic) bond motifs is 1. The zero-order valence-electron chi connectivity index (χ0n) is 17.4. The van der Waals surface area contributed by atoms with Gasteiger partial charge in [0.05, 0.1) is 37.3 Å². The Morgan fingerprint density at radius 1 is 1.19 bits per heavy atom. The lowest BCUT2D eigenvalue weighted by atomic mass is 10.1. The van der Waals surface area contributed by atoms with E-state index >= 15 is 0 Å². The molecule has 0 unspecified atom stereocenters. The Hall–Kier alpha value is -4.11. The van der Waals surface area contributed by atoms with Crippen molar-refractivity contribution in [1.29, 1.82) is 0 Å². The summed E-state index contributed by atoms with van der Waals surface area (Å²) in [5.74, 6) is 0.932. The van der Waals surface area contributed by atoms with Gasteiger partial charge in [0.2, 0.25) is 0 Å². The number of carbonyl (C=O) groups excluding carboxylic acids is 1. The van der Waals surface area contributed by atoms with Crippen LogP contribution in [0.3, 0.4) is 0 Å². The molecule has 0 spiro atoms. The van der Waals surface area contributed by atoms with Crippen molar-refractivity contribution in [3.05, 3.63) is 72.4 Å².